The average Bonchev–Trinajstić information content (AvgIpc) is 2.36. The van der Waals surface area contributed by atoms with Gasteiger partial charge in [0.25, 0.3) is 5.91 Å². The fourth-order valence-electron chi connectivity index (χ4n) is 1.79. The summed E-state index contributed by atoms with van der Waals surface area (Å²) in [5.41, 5.74) is -2.01. The molecular weight excluding hydrogens is 274 g/mol. The van der Waals surface area contributed by atoms with Gasteiger partial charge in [-0.15, -0.1) is 6.58 Å². The largest absolute Gasteiger partial charge is 0.419 e. The van der Waals surface area contributed by atoms with Gasteiger partial charge in [0, 0.05) is 13.1 Å². The van der Waals surface area contributed by atoms with Gasteiger partial charge in [-0.3, -0.25) is 4.79 Å². The number of amides is 1. The molecule has 0 saturated carbocycles. The number of alkyl halides is 3. The number of carbonyl (C=O) groups is 1. The second-order valence-electron chi connectivity index (χ2n) is 4.20. The van der Waals surface area contributed by atoms with E-state index in [1.165, 1.54) is 11.0 Å². The summed E-state index contributed by atoms with van der Waals surface area (Å²) in [6.07, 6.45) is -2.77. The number of benzene rings is 1. The third kappa shape index (κ3) is 3.59. The topological polar surface area (TPSA) is 20.3 Å². The third-order valence-corrected chi connectivity index (χ3v) is 2.66. The van der Waals surface area contributed by atoms with Crippen LogP contribution >= 0.6 is 0 Å². The van der Waals surface area contributed by atoms with E-state index in [2.05, 4.69) is 6.58 Å². The van der Waals surface area contributed by atoms with Crippen molar-refractivity contribution in [1.82, 2.24) is 4.90 Å². The Morgan fingerprint density at radius 2 is 2.05 bits per heavy atom. The normalized spacial score (nSPS) is 11.2. The van der Waals surface area contributed by atoms with Crippen molar-refractivity contribution in [3.05, 3.63) is 47.8 Å². The van der Waals surface area contributed by atoms with Crippen molar-refractivity contribution in [3.63, 3.8) is 0 Å². The Labute approximate surface area is 114 Å². The molecule has 0 aliphatic heterocycles. The van der Waals surface area contributed by atoms with Gasteiger partial charge in [0.1, 0.15) is 5.82 Å². The molecular formula is C14H15F4NO. The van der Waals surface area contributed by atoms with Gasteiger partial charge in [0.05, 0.1) is 11.1 Å². The minimum atomic E-state index is -4.83. The van der Waals surface area contributed by atoms with Crippen LogP contribution in [0.1, 0.15) is 29.3 Å². The molecule has 0 spiro atoms. The van der Waals surface area contributed by atoms with Gasteiger partial charge in [0.15, 0.2) is 0 Å². The fourth-order valence-corrected chi connectivity index (χ4v) is 1.79. The summed E-state index contributed by atoms with van der Waals surface area (Å²) in [5, 5.41) is 0. The number of rotatable bonds is 5. The van der Waals surface area contributed by atoms with E-state index in [0.717, 1.165) is 12.1 Å². The molecule has 6 heteroatoms. The van der Waals surface area contributed by atoms with Gasteiger partial charge in [-0.1, -0.05) is 19.1 Å². The zero-order valence-electron chi connectivity index (χ0n) is 11.0. The van der Waals surface area contributed by atoms with E-state index in [4.69, 9.17) is 0 Å². The van der Waals surface area contributed by atoms with Crippen LogP contribution in [0.5, 0.6) is 0 Å². The second-order valence-corrected chi connectivity index (χ2v) is 4.20. The van der Waals surface area contributed by atoms with Crippen LogP contribution in [0.2, 0.25) is 0 Å². The van der Waals surface area contributed by atoms with Gasteiger partial charge < -0.3 is 4.90 Å². The SMILES string of the molecule is C=CCN(CCC)C(=O)c1cccc(C(F)(F)F)c1F. The highest BCUT2D eigenvalue weighted by atomic mass is 19.4. The van der Waals surface area contributed by atoms with E-state index in [1.54, 1.807) is 0 Å². The summed E-state index contributed by atoms with van der Waals surface area (Å²) in [4.78, 5) is 13.4. The maximum absolute atomic E-state index is 13.9. The predicted molar refractivity (Wildman–Crippen MR) is 67.8 cm³/mol. The minimum Gasteiger partial charge on any atom is -0.335 e. The van der Waals surface area contributed by atoms with Crippen LogP contribution in [-0.2, 0) is 6.18 Å². The van der Waals surface area contributed by atoms with Crippen LogP contribution in [0.25, 0.3) is 0 Å². The lowest BCUT2D eigenvalue weighted by atomic mass is 10.1. The summed E-state index contributed by atoms with van der Waals surface area (Å²) in [6, 6.07) is 2.69. The van der Waals surface area contributed by atoms with Crippen molar-refractivity contribution < 1.29 is 22.4 Å². The molecule has 1 rings (SSSR count). The van der Waals surface area contributed by atoms with E-state index in [0.29, 0.717) is 19.0 Å². The van der Waals surface area contributed by atoms with E-state index in [-0.39, 0.29) is 6.54 Å². The Morgan fingerprint density at radius 1 is 1.40 bits per heavy atom. The van der Waals surface area contributed by atoms with Gasteiger partial charge in [-0.2, -0.15) is 13.2 Å². The van der Waals surface area contributed by atoms with Crippen molar-refractivity contribution in [1.29, 1.82) is 0 Å². The summed E-state index contributed by atoms with van der Waals surface area (Å²) in [7, 11) is 0. The van der Waals surface area contributed by atoms with Crippen LogP contribution in [-0.4, -0.2) is 23.9 Å². The second kappa shape index (κ2) is 6.54. The molecule has 1 aromatic carbocycles. The molecule has 0 fully saturated rings. The van der Waals surface area contributed by atoms with Gasteiger partial charge in [-0.25, -0.2) is 4.39 Å². The van der Waals surface area contributed by atoms with E-state index < -0.39 is 29.0 Å². The van der Waals surface area contributed by atoms with Crippen LogP contribution in [0.15, 0.2) is 30.9 Å². The lowest BCUT2D eigenvalue weighted by molar-refractivity contribution is -0.140. The highest BCUT2D eigenvalue weighted by molar-refractivity contribution is 5.94. The standard InChI is InChI=1S/C14H15F4NO/c1-3-8-19(9-4-2)13(20)10-6-5-7-11(12(10)15)14(16,17)18/h3,5-7H,1,4,8-9H2,2H3. The smallest absolute Gasteiger partial charge is 0.335 e. The average molecular weight is 289 g/mol. The molecule has 1 amide bonds. The molecule has 0 bridgehead atoms. The fraction of sp³-hybridized carbons (Fsp3) is 0.357. The van der Waals surface area contributed by atoms with Crippen LogP contribution in [0, 0.1) is 5.82 Å². The van der Waals surface area contributed by atoms with Crippen molar-refractivity contribution in [2.75, 3.05) is 13.1 Å². The van der Waals surface area contributed by atoms with Crippen LogP contribution < -0.4 is 0 Å². The van der Waals surface area contributed by atoms with Gasteiger partial charge in [0.2, 0.25) is 0 Å². The van der Waals surface area contributed by atoms with Gasteiger partial charge in [-0.05, 0) is 18.6 Å². The first-order valence-electron chi connectivity index (χ1n) is 6.08. The lowest BCUT2D eigenvalue weighted by Crippen LogP contribution is -2.33. The maximum Gasteiger partial charge on any atom is 0.419 e. The summed E-state index contributed by atoms with van der Waals surface area (Å²) in [5.74, 6) is -2.30. The molecule has 110 valence electrons. The predicted octanol–water partition coefficient (Wildman–Crippen LogP) is 3.88. The Kier molecular flexibility index (Phi) is 5.30. The van der Waals surface area contributed by atoms with E-state index in [9.17, 15) is 22.4 Å². The number of nitrogens with zero attached hydrogens (tertiary/aromatic N) is 1. The highest BCUT2D eigenvalue weighted by Gasteiger charge is 2.36. The van der Waals surface area contributed by atoms with Crippen molar-refractivity contribution in [3.8, 4) is 0 Å². The molecule has 0 atom stereocenters. The monoisotopic (exact) mass is 289 g/mol. The molecule has 0 aliphatic rings. The van der Waals surface area contributed by atoms with E-state index >= 15 is 0 Å². The minimum absolute atomic E-state index is 0.155. The number of hydrogen-bond acceptors (Lipinski definition) is 1. The molecule has 0 aromatic heterocycles. The van der Waals surface area contributed by atoms with E-state index in [1.807, 2.05) is 6.92 Å². The quantitative estimate of drug-likeness (QED) is 0.595. The zero-order valence-corrected chi connectivity index (χ0v) is 11.0. The van der Waals surface area contributed by atoms with Crippen LogP contribution in [0.4, 0.5) is 17.6 Å². The molecule has 0 N–H and O–H groups in total. The number of hydrogen-bond donors (Lipinski definition) is 0. The molecule has 2 nitrogen and oxygen atoms in total. The molecule has 0 unspecified atom stereocenters. The third-order valence-electron chi connectivity index (χ3n) is 2.66. The summed E-state index contributed by atoms with van der Waals surface area (Å²) < 4.78 is 51.7. The van der Waals surface area contributed by atoms with Gasteiger partial charge >= 0.3 is 6.18 Å². The first kappa shape index (κ1) is 16.2. The highest BCUT2D eigenvalue weighted by Crippen LogP contribution is 2.32. The maximum atomic E-state index is 13.9. The van der Waals surface area contributed by atoms with Crippen molar-refractivity contribution in [2.45, 2.75) is 19.5 Å². The number of carbonyl (C=O) groups excluding carboxylic acids is 1. The molecule has 0 aliphatic carbocycles. The number of halogens is 4. The Balaban J connectivity index is 3.19. The van der Waals surface area contributed by atoms with Crippen LogP contribution in [0.3, 0.4) is 0 Å². The first-order valence-corrected chi connectivity index (χ1v) is 6.08. The molecule has 0 saturated heterocycles. The Morgan fingerprint density at radius 3 is 2.55 bits per heavy atom. The summed E-state index contributed by atoms with van der Waals surface area (Å²) in [6.45, 7) is 5.76. The summed E-state index contributed by atoms with van der Waals surface area (Å²) >= 11 is 0. The zero-order chi connectivity index (χ0) is 15.3. The Hall–Kier alpha value is -1.85. The Bertz CT molecular complexity index is 496. The lowest BCUT2D eigenvalue weighted by Gasteiger charge is -2.21. The molecule has 0 heterocycles. The first-order chi connectivity index (χ1) is 9.32. The molecule has 20 heavy (non-hydrogen) atoms. The molecule has 0 radical (unpaired) electrons. The van der Waals surface area contributed by atoms with Crippen molar-refractivity contribution >= 4 is 5.91 Å². The molecule has 1 aromatic rings. The van der Waals surface area contributed by atoms with Crippen molar-refractivity contribution in [2.24, 2.45) is 0 Å².